The standard InChI is InChI=1S/C17H17ClN4O3S/c1-10-7-12(18)4-3-11(10)9-22-15-8-13(26(2,24)25)5-6-14(15)16(21-22)17(23)20-19/h3-8H,9,19H2,1-2H3,(H,20,23). The summed E-state index contributed by atoms with van der Waals surface area (Å²) in [6.45, 7) is 2.27. The highest BCUT2D eigenvalue weighted by molar-refractivity contribution is 7.90. The third-order valence-corrected chi connectivity index (χ3v) is 5.47. The van der Waals surface area contributed by atoms with E-state index < -0.39 is 15.7 Å². The first-order valence-electron chi connectivity index (χ1n) is 7.67. The number of nitrogen functional groups attached to an aromatic ring is 1. The molecule has 0 bridgehead atoms. The molecule has 7 nitrogen and oxygen atoms in total. The van der Waals surface area contributed by atoms with Gasteiger partial charge in [-0.1, -0.05) is 17.7 Å². The Bertz CT molecular complexity index is 1120. The van der Waals surface area contributed by atoms with Crippen LogP contribution in [-0.4, -0.2) is 30.4 Å². The van der Waals surface area contributed by atoms with Crippen molar-refractivity contribution in [3.8, 4) is 0 Å². The highest BCUT2D eigenvalue weighted by Crippen LogP contribution is 2.24. The number of halogens is 1. The van der Waals surface area contributed by atoms with Gasteiger partial charge in [0.1, 0.15) is 0 Å². The largest absolute Gasteiger partial charge is 0.289 e. The number of nitrogens with zero attached hydrogens (tertiary/aromatic N) is 2. The molecule has 0 aliphatic heterocycles. The van der Waals surface area contributed by atoms with E-state index >= 15 is 0 Å². The van der Waals surface area contributed by atoms with Crippen LogP contribution in [-0.2, 0) is 16.4 Å². The molecule has 0 atom stereocenters. The second kappa shape index (κ2) is 6.71. The van der Waals surface area contributed by atoms with Gasteiger partial charge in [0, 0.05) is 16.7 Å². The Labute approximate surface area is 155 Å². The number of fused-ring (bicyclic) bond motifs is 1. The van der Waals surface area contributed by atoms with Crippen LogP contribution in [0, 0.1) is 6.92 Å². The normalized spacial score (nSPS) is 11.7. The topological polar surface area (TPSA) is 107 Å². The predicted octanol–water partition coefficient (Wildman–Crippen LogP) is 2.05. The lowest BCUT2D eigenvalue weighted by Crippen LogP contribution is -2.30. The van der Waals surface area contributed by atoms with Crippen molar-refractivity contribution in [2.75, 3.05) is 6.26 Å². The number of nitrogens with two attached hydrogens (primary N) is 1. The van der Waals surface area contributed by atoms with E-state index in [1.807, 2.05) is 19.1 Å². The van der Waals surface area contributed by atoms with Gasteiger partial charge < -0.3 is 0 Å². The molecule has 0 aliphatic rings. The van der Waals surface area contributed by atoms with Gasteiger partial charge >= 0.3 is 0 Å². The minimum atomic E-state index is -3.40. The highest BCUT2D eigenvalue weighted by atomic mass is 35.5. The number of hydrogen-bond acceptors (Lipinski definition) is 5. The fourth-order valence-corrected chi connectivity index (χ4v) is 3.61. The van der Waals surface area contributed by atoms with Gasteiger partial charge in [-0.15, -0.1) is 0 Å². The maximum absolute atomic E-state index is 12.0. The van der Waals surface area contributed by atoms with Crippen LogP contribution in [0.25, 0.3) is 10.9 Å². The SMILES string of the molecule is Cc1cc(Cl)ccc1Cn1nc(C(=O)NN)c2ccc(S(C)(=O)=O)cc21. The van der Waals surface area contributed by atoms with E-state index in [4.69, 9.17) is 17.4 Å². The van der Waals surface area contributed by atoms with Crippen molar-refractivity contribution in [2.45, 2.75) is 18.4 Å². The number of rotatable bonds is 4. The summed E-state index contributed by atoms with van der Waals surface area (Å²) in [6.07, 6.45) is 1.13. The fraction of sp³-hybridized carbons (Fsp3) is 0.176. The van der Waals surface area contributed by atoms with E-state index in [-0.39, 0.29) is 10.6 Å². The van der Waals surface area contributed by atoms with E-state index in [9.17, 15) is 13.2 Å². The molecule has 1 heterocycles. The molecule has 1 amide bonds. The van der Waals surface area contributed by atoms with E-state index in [0.717, 1.165) is 17.4 Å². The lowest BCUT2D eigenvalue weighted by molar-refractivity contribution is 0.0949. The van der Waals surface area contributed by atoms with Crippen molar-refractivity contribution in [2.24, 2.45) is 5.84 Å². The zero-order valence-corrected chi connectivity index (χ0v) is 15.7. The van der Waals surface area contributed by atoms with Gasteiger partial charge in [0.25, 0.3) is 5.91 Å². The number of aryl methyl sites for hydroxylation is 1. The number of aromatic nitrogens is 2. The number of hydrazine groups is 1. The van der Waals surface area contributed by atoms with Gasteiger partial charge in [0.2, 0.25) is 0 Å². The van der Waals surface area contributed by atoms with Crippen LogP contribution in [0.2, 0.25) is 5.02 Å². The lowest BCUT2D eigenvalue weighted by Gasteiger charge is -2.08. The Morgan fingerprint density at radius 1 is 1.27 bits per heavy atom. The Morgan fingerprint density at radius 2 is 2.00 bits per heavy atom. The van der Waals surface area contributed by atoms with Gasteiger partial charge in [0.15, 0.2) is 15.5 Å². The summed E-state index contributed by atoms with van der Waals surface area (Å²) in [5, 5.41) is 5.48. The van der Waals surface area contributed by atoms with Crippen LogP contribution in [0.15, 0.2) is 41.3 Å². The minimum Gasteiger partial charge on any atom is -0.289 e. The summed E-state index contributed by atoms with van der Waals surface area (Å²) in [6, 6.07) is 9.99. The molecule has 0 spiro atoms. The van der Waals surface area contributed by atoms with Gasteiger partial charge in [-0.25, -0.2) is 14.3 Å². The molecule has 0 saturated carbocycles. The van der Waals surface area contributed by atoms with Crippen LogP contribution in [0.5, 0.6) is 0 Å². The van der Waals surface area contributed by atoms with Gasteiger partial charge in [-0.3, -0.25) is 14.9 Å². The molecule has 0 radical (unpaired) electrons. The van der Waals surface area contributed by atoms with Crippen LogP contribution in [0.4, 0.5) is 0 Å². The van der Waals surface area contributed by atoms with Gasteiger partial charge in [-0.2, -0.15) is 5.10 Å². The first kappa shape index (κ1) is 18.4. The molecule has 1 aromatic heterocycles. The van der Waals surface area contributed by atoms with E-state index in [2.05, 4.69) is 10.5 Å². The summed E-state index contributed by atoms with van der Waals surface area (Å²) in [7, 11) is -3.40. The van der Waals surface area contributed by atoms with Crippen molar-refractivity contribution in [1.29, 1.82) is 0 Å². The van der Waals surface area contributed by atoms with Crippen LogP contribution >= 0.6 is 11.6 Å². The molecule has 0 aliphatic carbocycles. The first-order chi connectivity index (χ1) is 12.2. The third-order valence-electron chi connectivity index (χ3n) is 4.12. The quantitative estimate of drug-likeness (QED) is 0.401. The van der Waals surface area contributed by atoms with Crippen molar-refractivity contribution < 1.29 is 13.2 Å². The zero-order valence-electron chi connectivity index (χ0n) is 14.2. The van der Waals surface area contributed by atoms with Gasteiger partial charge in [0.05, 0.1) is 17.0 Å². The Balaban J connectivity index is 2.20. The molecule has 3 rings (SSSR count). The van der Waals surface area contributed by atoms with Crippen molar-refractivity contribution in [1.82, 2.24) is 15.2 Å². The molecule has 9 heteroatoms. The fourth-order valence-electron chi connectivity index (χ4n) is 2.74. The number of nitrogens with one attached hydrogen (secondary N) is 1. The van der Waals surface area contributed by atoms with Crippen molar-refractivity contribution in [3.63, 3.8) is 0 Å². The summed E-state index contributed by atoms with van der Waals surface area (Å²) >= 11 is 5.99. The Kier molecular flexibility index (Phi) is 4.74. The van der Waals surface area contributed by atoms with Gasteiger partial charge in [-0.05, 0) is 48.4 Å². The summed E-state index contributed by atoms with van der Waals surface area (Å²) < 4.78 is 25.4. The number of amides is 1. The summed E-state index contributed by atoms with van der Waals surface area (Å²) in [5.41, 5.74) is 4.64. The van der Waals surface area contributed by atoms with E-state index in [0.29, 0.717) is 22.5 Å². The van der Waals surface area contributed by atoms with E-state index in [1.54, 1.807) is 16.8 Å². The smallest absolute Gasteiger partial charge is 0.286 e. The highest BCUT2D eigenvalue weighted by Gasteiger charge is 2.19. The summed E-state index contributed by atoms with van der Waals surface area (Å²) in [5.74, 6) is 4.69. The molecule has 26 heavy (non-hydrogen) atoms. The maximum Gasteiger partial charge on any atom is 0.286 e. The van der Waals surface area contributed by atoms with Crippen molar-refractivity contribution in [3.05, 3.63) is 58.2 Å². The molecule has 0 saturated heterocycles. The second-order valence-corrected chi connectivity index (χ2v) is 8.45. The molecular weight excluding hydrogens is 376 g/mol. The number of carbonyl (C=O) groups excluding carboxylic acids is 1. The second-order valence-electron chi connectivity index (χ2n) is 6.00. The average Bonchev–Trinajstić information content (AvgIpc) is 2.94. The number of benzene rings is 2. The third kappa shape index (κ3) is 3.44. The van der Waals surface area contributed by atoms with Crippen LogP contribution < -0.4 is 11.3 Å². The Hall–Kier alpha value is -2.42. The maximum atomic E-state index is 12.0. The number of hydrogen-bond donors (Lipinski definition) is 2. The zero-order chi connectivity index (χ0) is 19.1. The van der Waals surface area contributed by atoms with E-state index in [1.165, 1.54) is 12.1 Å². The number of carbonyl (C=O) groups is 1. The molecule has 3 N–H and O–H groups in total. The minimum absolute atomic E-state index is 0.133. The number of sulfone groups is 1. The molecule has 0 fully saturated rings. The Morgan fingerprint density at radius 3 is 2.62 bits per heavy atom. The monoisotopic (exact) mass is 392 g/mol. The molecular formula is C17H17ClN4O3S. The molecule has 0 unspecified atom stereocenters. The van der Waals surface area contributed by atoms with Crippen LogP contribution in [0.1, 0.15) is 21.6 Å². The summed E-state index contributed by atoms with van der Waals surface area (Å²) in [4.78, 5) is 12.2. The average molecular weight is 393 g/mol. The first-order valence-corrected chi connectivity index (χ1v) is 9.94. The predicted molar refractivity (Wildman–Crippen MR) is 99.8 cm³/mol. The molecule has 2 aromatic carbocycles. The van der Waals surface area contributed by atoms with Crippen LogP contribution in [0.3, 0.4) is 0 Å². The lowest BCUT2D eigenvalue weighted by atomic mass is 10.1. The van der Waals surface area contributed by atoms with Crippen molar-refractivity contribution >= 4 is 38.2 Å². The molecule has 136 valence electrons. The molecule has 3 aromatic rings.